The molecule has 4 heteroatoms. The van der Waals surface area contributed by atoms with Crippen molar-refractivity contribution in [2.24, 2.45) is 5.73 Å². The summed E-state index contributed by atoms with van der Waals surface area (Å²) in [6.45, 7) is 1.38. The second kappa shape index (κ2) is 7.97. The summed E-state index contributed by atoms with van der Waals surface area (Å²) in [6, 6.07) is 18.3. The number of carbonyl (C=O) groups is 1. The van der Waals surface area contributed by atoms with E-state index in [1.807, 2.05) is 47.4 Å². The summed E-state index contributed by atoms with van der Waals surface area (Å²) >= 11 is 0. The summed E-state index contributed by atoms with van der Waals surface area (Å²) in [5, 5.41) is 0. The van der Waals surface area contributed by atoms with Gasteiger partial charge in [-0.1, -0.05) is 48.5 Å². The van der Waals surface area contributed by atoms with Crippen LogP contribution in [0.15, 0.2) is 54.6 Å². The number of rotatable bonds is 6. The molecule has 1 heterocycles. The van der Waals surface area contributed by atoms with Crippen molar-refractivity contribution in [1.82, 2.24) is 4.90 Å². The Morgan fingerprint density at radius 2 is 1.88 bits per heavy atom. The Bertz CT molecular complexity index is 672. The number of likely N-dealkylation sites (tertiary alicyclic amines) is 1. The van der Waals surface area contributed by atoms with Crippen LogP contribution in [-0.4, -0.2) is 36.5 Å². The molecule has 1 saturated heterocycles. The molecule has 0 spiro atoms. The summed E-state index contributed by atoms with van der Waals surface area (Å²) in [6.07, 6.45) is 2.81. The maximum absolute atomic E-state index is 12.4. The monoisotopic (exact) mass is 324 g/mol. The van der Waals surface area contributed by atoms with E-state index in [4.69, 9.17) is 10.5 Å². The molecular weight excluding hydrogens is 300 g/mol. The molecule has 2 N–H and O–H groups in total. The van der Waals surface area contributed by atoms with E-state index in [2.05, 4.69) is 12.1 Å². The Morgan fingerprint density at radius 3 is 2.67 bits per heavy atom. The lowest BCUT2D eigenvalue weighted by molar-refractivity contribution is -0.134. The van der Waals surface area contributed by atoms with Crippen molar-refractivity contribution in [2.75, 3.05) is 19.7 Å². The van der Waals surface area contributed by atoms with Gasteiger partial charge in [0.25, 0.3) is 5.91 Å². The van der Waals surface area contributed by atoms with Gasteiger partial charge in [-0.15, -0.1) is 0 Å². The van der Waals surface area contributed by atoms with Gasteiger partial charge in [0.05, 0.1) is 0 Å². The van der Waals surface area contributed by atoms with Crippen LogP contribution >= 0.6 is 0 Å². The smallest absolute Gasteiger partial charge is 0.260 e. The highest BCUT2D eigenvalue weighted by Crippen LogP contribution is 2.22. The van der Waals surface area contributed by atoms with Crippen LogP contribution in [0.2, 0.25) is 0 Å². The zero-order valence-corrected chi connectivity index (χ0v) is 13.9. The summed E-state index contributed by atoms with van der Waals surface area (Å²) in [4.78, 5) is 14.3. The molecule has 1 amide bonds. The second-order valence-electron chi connectivity index (χ2n) is 6.18. The number of amides is 1. The molecule has 0 radical (unpaired) electrons. The van der Waals surface area contributed by atoms with E-state index in [1.54, 1.807) is 0 Å². The minimum absolute atomic E-state index is 0.0254. The summed E-state index contributed by atoms with van der Waals surface area (Å²) < 4.78 is 5.84. The van der Waals surface area contributed by atoms with Crippen molar-refractivity contribution >= 4 is 5.91 Å². The molecule has 0 bridgehead atoms. The molecule has 1 aliphatic rings. The Kier molecular flexibility index (Phi) is 5.49. The van der Waals surface area contributed by atoms with Crippen LogP contribution in [0.3, 0.4) is 0 Å². The van der Waals surface area contributed by atoms with Crippen molar-refractivity contribution in [3.05, 3.63) is 65.7 Å². The fourth-order valence-corrected chi connectivity index (χ4v) is 3.24. The van der Waals surface area contributed by atoms with Crippen molar-refractivity contribution < 1.29 is 9.53 Å². The first kappa shape index (κ1) is 16.5. The lowest BCUT2D eigenvalue weighted by Crippen LogP contribution is -2.42. The van der Waals surface area contributed by atoms with Gasteiger partial charge in [-0.25, -0.2) is 0 Å². The molecule has 24 heavy (non-hydrogen) atoms. The van der Waals surface area contributed by atoms with Gasteiger partial charge in [0.2, 0.25) is 0 Å². The summed E-state index contributed by atoms with van der Waals surface area (Å²) in [5.41, 5.74) is 8.06. The van der Waals surface area contributed by atoms with Crippen LogP contribution in [0.25, 0.3) is 0 Å². The molecule has 2 aromatic carbocycles. The van der Waals surface area contributed by atoms with Crippen LogP contribution in [-0.2, 0) is 11.2 Å². The highest BCUT2D eigenvalue weighted by atomic mass is 16.5. The predicted molar refractivity (Wildman–Crippen MR) is 95.0 cm³/mol. The van der Waals surface area contributed by atoms with E-state index in [-0.39, 0.29) is 18.6 Å². The molecular formula is C20H24N2O2. The standard InChI is InChI=1S/C20H24N2O2/c21-14-18-10-6-12-22(18)20(23)15-24-19-11-5-4-9-17(19)13-16-7-2-1-3-8-16/h1-5,7-9,11,18H,6,10,12-15,21H2. The number of ether oxygens (including phenoxy) is 1. The first-order valence-corrected chi connectivity index (χ1v) is 8.52. The molecule has 0 aromatic heterocycles. The van der Waals surface area contributed by atoms with Crippen LogP contribution in [0.1, 0.15) is 24.0 Å². The minimum atomic E-state index is 0.0254. The lowest BCUT2D eigenvalue weighted by Gasteiger charge is -2.23. The summed E-state index contributed by atoms with van der Waals surface area (Å²) in [7, 11) is 0. The average Bonchev–Trinajstić information content (AvgIpc) is 3.10. The van der Waals surface area contributed by atoms with Gasteiger partial charge >= 0.3 is 0 Å². The third-order valence-corrected chi connectivity index (χ3v) is 4.53. The van der Waals surface area contributed by atoms with E-state index in [0.29, 0.717) is 6.54 Å². The van der Waals surface area contributed by atoms with E-state index in [9.17, 15) is 4.79 Å². The maximum Gasteiger partial charge on any atom is 0.260 e. The van der Waals surface area contributed by atoms with Gasteiger partial charge in [-0.2, -0.15) is 0 Å². The second-order valence-corrected chi connectivity index (χ2v) is 6.18. The largest absolute Gasteiger partial charge is 0.483 e. The van der Waals surface area contributed by atoms with Gasteiger partial charge in [-0.05, 0) is 30.0 Å². The highest BCUT2D eigenvalue weighted by Gasteiger charge is 2.27. The van der Waals surface area contributed by atoms with Gasteiger partial charge in [0, 0.05) is 25.6 Å². The minimum Gasteiger partial charge on any atom is -0.483 e. The van der Waals surface area contributed by atoms with E-state index >= 15 is 0 Å². The number of nitrogens with zero attached hydrogens (tertiary/aromatic N) is 1. The molecule has 1 atom stereocenters. The van der Waals surface area contributed by atoms with Gasteiger partial charge in [-0.3, -0.25) is 4.79 Å². The fourth-order valence-electron chi connectivity index (χ4n) is 3.24. The molecule has 0 saturated carbocycles. The molecule has 1 unspecified atom stereocenters. The van der Waals surface area contributed by atoms with Crippen molar-refractivity contribution in [2.45, 2.75) is 25.3 Å². The van der Waals surface area contributed by atoms with E-state index in [0.717, 1.165) is 37.1 Å². The summed E-state index contributed by atoms with van der Waals surface area (Å²) in [5.74, 6) is 0.802. The van der Waals surface area contributed by atoms with Crippen LogP contribution in [0.5, 0.6) is 5.75 Å². The molecule has 3 rings (SSSR count). The zero-order chi connectivity index (χ0) is 16.8. The van der Waals surface area contributed by atoms with Crippen molar-refractivity contribution in [3.63, 3.8) is 0 Å². The number of hydrogen-bond donors (Lipinski definition) is 1. The molecule has 126 valence electrons. The maximum atomic E-state index is 12.4. The fraction of sp³-hybridized carbons (Fsp3) is 0.350. The number of hydrogen-bond acceptors (Lipinski definition) is 3. The quantitative estimate of drug-likeness (QED) is 0.888. The predicted octanol–water partition coefficient (Wildman–Crippen LogP) is 2.61. The first-order chi connectivity index (χ1) is 11.8. The average molecular weight is 324 g/mol. The Hall–Kier alpha value is -2.33. The Morgan fingerprint density at radius 1 is 1.12 bits per heavy atom. The molecule has 4 nitrogen and oxygen atoms in total. The number of carbonyl (C=O) groups excluding carboxylic acids is 1. The van der Waals surface area contributed by atoms with Crippen LogP contribution < -0.4 is 10.5 Å². The highest BCUT2D eigenvalue weighted by molar-refractivity contribution is 5.78. The van der Waals surface area contributed by atoms with Gasteiger partial charge < -0.3 is 15.4 Å². The molecule has 2 aromatic rings. The van der Waals surface area contributed by atoms with Crippen LogP contribution in [0, 0.1) is 0 Å². The molecule has 1 aliphatic heterocycles. The third kappa shape index (κ3) is 3.95. The van der Waals surface area contributed by atoms with Crippen molar-refractivity contribution in [3.8, 4) is 5.75 Å². The number of nitrogens with two attached hydrogens (primary N) is 1. The SMILES string of the molecule is NCC1CCCN1C(=O)COc1ccccc1Cc1ccccc1. The van der Waals surface area contributed by atoms with Gasteiger partial charge in [0.15, 0.2) is 6.61 Å². The van der Waals surface area contributed by atoms with Crippen LogP contribution in [0.4, 0.5) is 0 Å². The normalized spacial score (nSPS) is 17.0. The lowest BCUT2D eigenvalue weighted by atomic mass is 10.0. The van der Waals surface area contributed by atoms with E-state index < -0.39 is 0 Å². The molecule has 1 fully saturated rings. The van der Waals surface area contributed by atoms with E-state index in [1.165, 1.54) is 5.56 Å². The Balaban J connectivity index is 1.64. The number of benzene rings is 2. The topological polar surface area (TPSA) is 55.6 Å². The first-order valence-electron chi connectivity index (χ1n) is 8.52. The Labute approximate surface area is 143 Å². The zero-order valence-electron chi connectivity index (χ0n) is 13.9. The molecule has 0 aliphatic carbocycles. The van der Waals surface area contributed by atoms with Gasteiger partial charge in [0.1, 0.15) is 5.75 Å². The van der Waals surface area contributed by atoms with Crippen molar-refractivity contribution in [1.29, 1.82) is 0 Å². The number of para-hydroxylation sites is 1. The third-order valence-electron chi connectivity index (χ3n) is 4.53.